The van der Waals surface area contributed by atoms with Crippen molar-refractivity contribution in [2.75, 3.05) is 63.5 Å². The molecule has 0 unspecified atom stereocenters. The highest BCUT2D eigenvalue weighted by atomic mass is 32.2. The number of nitrogens with zero attached hydrogens (tertiary/aromatic N) is 5. The second-order valence-electron chi connectivity index (χ2n) is 12.5. The van der Waals surface area contributed by atoms with E-state index in [4.69, 9.17) is 0 Å². The molecule has 7 nitrogen and oxygen atoms in total. The van der Waals surface area contributed by atoms with Crippen LogP contribution in [0.1, 0.15) is 37.8 Å². The summed E-state index contributed by atoms with van der Waals surface area (Å²) in [6.45, 7) is 9.22. The highest BCUT2D eigenvalue weighted by Gasteiger charge is 2.43. The third kappa shape index (κ3) is 6.45. The van der Waals surface area contributed by atoms with Gasteiger partial charge in [0.1, 0.15) is 17.5 Å². The number of carbonyl (C=O) groups excluding carboxylic acids is 1. The summed E-state index contributed by atoms with van der Waals surface area (Å²) < 4.78 is 74.0. The quantitative estimate of drug-likeness (QED) is 0.207. The zero-order valence-corrected chi connectivity index (χ0v) is 26.5. The smallest absolute Gasteiger partial charge is 0.351 e. The minimum Gasteiger partial charge on any atom is -0.351 e. The van der Waals surface area contributed by atoms with Gasteiger partial charge in [-0.1, -0.05) is 0 Å². The summed E-state index contributed by atoms with van der Waals surface area (Å²) in [6.07, 6.45) is -1.71. The first-order chi connectivity index (χ1) is 21.5. The lowest BCUT2D eigenvalue weighted by Crippen LogP contribution is -2.57. The Hall–Kier alpha value is -2.74. The number of amidine groups is 1. The first kappa shape index (κ1) is 32.2. The fraction of sp³-hybridized carbons (Fsp3) is 0.562. The van der Waals surface area contributed by atoms with Crippen molar-refractivity contribution in [3.05, 3.63) is 47.0 Å². The Morgan fingerprint density at radius 1 is 1.11 bits per heavy atom. The molecular formula is C32H39F5N6OS. The monoisotopic (exact) mass is 650 g/mol. The molecule has 0 spiro atoms. The first-order valence-electron chi connectivity index (χ1n) is 15.5. The molecule has 45 heavy (non-hydrogen) atoms. The number of fused-ring (bicyclic) bond motifs is 1. The van der Waals surface area contributed by atoms with Crippen LogP contribution in [0.4, 0.5) is 27.6 Å². The molecule has 1 saturated carbocycles. The Morgan fingerprint density at radius 2 is 1.84 bits per heavy atom. The van der Waals surface area contributed by atoms with E-state index in [1.807, 2.05) is 18.7 Å². The molecule has 3 aliphatic heterocycles. The van der Waals surface area contributed by atoms with Gasteiger partial charge in [0, 0.05) is 104 Å². The predicted molar refractivity (Wildman–Crippen MR) is 167 cm³/mol. The van der Waals surface area contributed by atoms with E-state index >= 15 is 4.39 Å². The van der Waals surface area contributed by atoms with Gasteiger partial charge in [0.05, 0.1) is 17.3 Å². The van der Waals surface area contributed by atoms with Crippen LogP contribution in [0.2, 0.25) is 0 Å². The fourth-order valence-electron chi connectivity index (χ4n) is 6.89. The summed E-state index contributed by atoms with van der Waals surface area (Å²) in [6, 6.07) is 3.92. The molecule has 3 fully saturated rings. The van der Waals surface area contributed by atoms with Crippen LogP contribution in [0.15, 0.2) is 34.2 Å². The maximum absolute atomic E-state index is 15.3. The molecular weight excluding hydrogens is 611 g/mol. The molecule has 1 N–H and O–H groups in total. The van der Waals surface area contributed by atoms with Crippen molar-refractivity contribution in [2.24, 2.45) is 4.99 Å². The van der Waals surface area contributed by atoms with Crippen molar-refractivity contribution in [1.82, 2.24) is 20.0 Å². The van der Waals surface area contributed by atoms with Gasteiger partial charge < -0.3 is 15.1 Å². The lowest BCUT2D eigenvalue weighted by molar-refractivity contribution is -0.137. The van der Waals surface area contributed by atoms with Gasteiger partial charge >= 0.3 is 6.18 Å². The minimum atomic E-state index is -4.87. The second kappa shape index (κ2) is 12.8. The standard InChI is InChI=1S/C32H39F5N6OS/c1-19-15-42(20(2)14-39-19)31(38-3)25-13-26(32(35,36)37)28(24-7-4-21(33)12-27(24)34)30-29(25)43(18-44)23(17-45-30)16-40-8-10-41(11-9-40)22-5-6-22/h4,7,12-13,18-20,22-23,39H,5-6,8-11,14-17H2,1-3H3/t19-,20+,23+/m1/s1. The third-order valence-corrected chi connectivity index (χ3v) is 10.6. The van der Waals surface area contributed by atoms with E-state index in [0.717, 1.165) is 44.4 Å². The van der Waals surface area contributed by atoms with Gasteiger partial charge in [0.25, 0.3) is 0 Å². The van der Waals surface area contributed by atoms with Gasteiger partial charge in [0.2, 0.25) is 6.41 Å². The summed E-state index contributed by atoms with van der Waals surface area (Å²) in [4.78, 5) is 26.0. The normalized spacial score (nSPS) is 25.4. The van der Waals surface area contributed by atoms with E-state index in [1.165, 1.54) is 29.5 Å². The van der Waals surface area contributed by atoms with Crippen LogP contribution in [0.3, 0.4) is 0 Å². The van der Waals surface area contributed by atoms with Gasteiger partial charge in [0.15, 0.2) is 0 Å². The zero-order chi connectivity index (χ0) is 32.0. The summed E-state index contributed by atoms with van der Waals surface area (Å²) in [5.41, 5.74) is -1.34. The zero-order valence-electron chi connectivity index (χ0n) is 25.7. The fourth-order valence-corrected chi connectivity index (χ4v) is 8.23. The summed E-state index contributed by atoms with van der Waals surface area (Å²) in [7, 11) is 1.54. The number of rotatable bonds is 6. The number of piperazine rings is 2. The van der Waals surface area contributed by atoms with Crippen molar-refractivity contribution >= 4 is 29.7 Å². The van der Waals surface area contributed by atoms with Gasteiger partial charge in [-0.05, 0) is 44.9 Å². The second-order valence-corrected chi connectivity index (χ2v) is 13.6. The molecule has 244 valence electrons. The van der Waals surface area contributed by atoms with Crippen LogP contribution >= 0.6 is 11.8 Å². The molecule has 0 aromatic heterocycles. The number of hydrogen-bond acceptors (Lipinski definition) is 6. The van der Waals surface area contributed by atoms with Gasteiger partial charge in [-0.25, -0.2) is 8.78 Å². The number of hydrogen-bond donors (Lipinski definition) is 1. The molecule has 1 aliphatic carbocycles. The lowest BCUT2D eigenvalue weighted by Gasteiger charge is -2.44. The maximum atomic E-state index is 15.3. The van der Waals surface area contributed by atoms with E-state index in [1.54, 1.807) is 7.05 Å². The molecule has 13 heteroatoms. The average molecular weight is 651 g/mol. The lowest BCUT2D eigenvalue weighted by atomic mass is 9.92. The number of halogens is 5. The number of carbonyl (C=O) groups is 1. The molecule has 3 atom stereocenters. The van der Waals surface area contributed by atoms with Crippen molar-refractivity contribution in [2.45, 2.75) is 61.9 Å². The Balaban J connectivity index is 1.49. The molecule has 0 radical (unpaired) electrons. The summed E-state index contributed by atoms with van der Waals surface area (Å²) in [5, 5.41) is 3.39. The number of thioether (sulfide) groups is 1. The van der Waals surface area contributed by atoms with Gasteiger partial charge in [-0.2, -0.15) is 13.2 Å². The van der Waals surface area contributed by atoms with E-state index in [0.29, 0.717) is 49.7 Å². The van der Waals surface area contributed by atoms with Crippen molar-refractivity contribution in [1.29, 1.82) is 0 Å². The molecule has 1 amide bonds. The summed E-state index contributed by atoms with van der Waals surface area (Å²) in [5.74, 6) is -1.32. The van der Waals surface area contributed by atoms with Crippen LogP contribution in [0, 0.1) is 11.6 Å². The average Bonchev–Trinajstić information content (AvgIpc) is 3.85. The summed E-state index contributed by atoms with van der Waals surface area (Å²) >= 11 is 1.19. The van der Waals surface area contributed by atoms with Gasteiger partial charge in [-0.3, -0.25) is 19.6 Å². The largest absolute Gasteiger partial charge is 0.417 e. The van der Waals surface area contributed by atoms with Crippen molar-refractivity contribution in [3.63, 3.8) is 0 Å². The highest BCUT2D eigenvalue weighted by Crippen LogP contribution is 2.51. The van der Waals surface area contributed by atoms with E-state index in [-0.39, 0.29) is 45.4 Å². The molecule has 6 rings (SSSR count). The van der Waals surface area contributed by atoms with Crippen LogP contribution < -0.4 is 10.2 Å². The Kier molecular flexibility index (Phi) is 9.17. The van der Waals surface area contributed by atoms with Crippen LogP contribution in [-0.4, -0.2) is 110 Å². The van der Waals surface area contributed by atoms with Crippen molar-refractivity contribution < 1.29 is 26.7 Å². The minimum absolute atomic E-state index is 0.0575. The van der Waals surface area contributed by atoms with Crippen LogP contribution in [-0.2, 0) is 11.0 Å². The van der Waals surface area contributed by atoms with Crippen molar-refractivity contribution in [3.8, 4) is 11.1 Å². The van der Waals surface area contributed by atoms with Crippen LogP contribution in [0.5, 0.6) is 0 Å². The number of alkyl halides is 3. The topological polar surface area (TPSA) is 54.4 Å². The highest BCUT2D eigenvalue weighted by molar-refractivity contribution is 7.99. The van der Waals surface area contributed by atoms with E-state index in [2.05, 4.69) is 20.1 Å². The number of benzene rings is 2. The number of anilines is 1. The predicted octanol–water partition coefficient (Wildman–Crippen LogP) is 4.93. The number of aliphatic imine (C=N–C) groups is 1. The van der Waals surface area contributed by atoms with Gasteiger partial charge in [-0.15, -0.1) is 11.8 Å². The van der Waals surface area contributed by atoms with E-state index in [9.17, 15) is 22.4 Å². The number of nitrogens with one attached hydrogen (secondary N) is 1. The molecule has 4 aliphatic rings. The molecule has 2 saturated heterocycles. The molecule has 2 aromatic carbocycles. The Bertz CT molecular complexity index is 1460. The Labute approximate surface area is 264 Å². The van der Waals surface area contributed by atoms with E-state index < -0.39 is 23.4 Å². The Morgan fingerprint density at radius 3 is 2.47 bits per heavy atom. The van der Waals surface area contributed by atoms with Crippen LogP contribution in [0.25, 0.3) is 11.1 Å². The SMILES string of the molecule is CN=C(c1cc(C(F)(F)F)c(-c2ccc(F)cc2F)c2c1N(C=O)[C@@H](CN1CCN(C3CC3)CC1)CS2)N1C[C@@H](C)NC[C@@H]1C. The number of amides is 1. The maximum Gasteiger partial charge on any atom is 0.417 e. The molecule has 2 aromatic rings. The first-order valence-corrected chi connectivity index (χ1v) is 16.5. The molecule has 3 heterocycles. The molecule has 0 bridgehead atoms. The third-order valence-electron chi connectivity index (χ3n) is 9.37.